The normalized spacial score (nSPS) is 12.5. The Hall–Kier alpha value is -1.03. The predicted molar refractivity (Wildman–Crippen MR) is 93.1 cm³/mol. The molecular formula is C17H19BrClNO. The Morgan fingerprint density at radius 2 is 1.71 bits per heavy atom. The van der Waals surface area contributed by atoms with Gasteiger partial charge in [-0.25, -0.2) is 0 Å². The number of aliphatic hydroxyl groups is 1. The van der Waals surface area contributed by atoms with Gasteiger partial charge in [0.2, 0.25) is 0 Å². The van der Waals surface area contributed by atoms with E-state index in [1.54, 1.807) is 0 Å². The van der Waals surface area contributed by atoms with Crippen molar-refractivity contribution in [3.05, 3.63) is 63.1 Å². The first-order valence-electron chi connectivity index (χ1n) is 6.94. The van der Waals surface area contributed by atoms with E-state index in [0.717, 1.165) is 15.7 Å². The van der Waals surface area contributed by atoms with Gasteiger partial charge in [-0.05, 0) is 51.2 Å². The Morgan fingerprint density at radius 3 is 2.29 bits per heavy atom. The Labute approximate surface area is 139 Å². The van der Waals surface area contributed by atoms with Crippen molar-refractivity contribution in [2.45, 2.75) is 25.9 Å². The van der Waals surface area contributed by atoms with E-state index in [1.807, 2.05) is 30.3 Å². The zero-order valence-corrected chi connectivity index (χ0v) is 14.4. The molecule has 0 aliphatic heterocycles. The molecule has 2 nitrogen and oxygen atoms in total. The van der Waals surface area contributed by atoms with E-state index in [-0.39, 0.29) is 0 Å². The monoisotopic (exact) mass is 367 g/mol. The maximum atomic E-state index is 10.2. The summed E-state index contributed by atoms with van der Waals surface area (Å²) in [6.07, 6.45) is -0.541. The Balaban J connectivity index is 1.97. The molecule has 0 heterocycles. The smallest absolute Gasteiger partial charge is 0.0962 e. The van der Waals surface area contributed by atoms with Crippen LogP contribution in [0.3, 0.4) is 0 Å². The van der Waals surface area contributed by atoms with Crippen LogP contribution in [0.1, 0.15) is 37.0 Å². The van der Waals surface area contributed by atoms with Gasteiger partial charge in [-0.15, -0.1) is 0 Å². The molecule has 2 N–H and O–H groups in total. The van der Waals surface area contributed by atoms with E-state index in [0.29, 0.717) is 17.5 Å². The second kappa shape index (κ2) is 7.30. The van der Waals surface area contributed by atoms with Crippen LogP contribution in [0.25, 0.3) is 0 Å². The molecule has 0 spiro atoms. The lowest BCUT2D eigenvalue weighted by Crippen LogP contribution is -2.12. The number of nitrogens with one attached hydrogen (secondary N) is 1. The lowest BCUT2D eigenvalue weighted by molar-refractivity contribution is 0.191. The van der Waals surface area contributed by atoms with E-state index in [4.69, 9.17) is 11.6 Å². The predicted octanol–water partition coefficient (Wildman–Crippen LogP) is 5.37. The summed E-state index contributed by atoms with van der Waals surface area (Å²) in [7, 11) is 0. The van der Waals surface area contributed by atoms with E-state index in [1.165, 1.54) is 5.56 Å². The van der Waals surface area contributed by atoms with Crippen molar-refractivity contribution in [1.82, 2.24) is 0 Å². The molecule has 0 aromatic heterocycles. The van der Waals surface area contributed by atoms with Crippen LogP contribution in [0.15, 0.2) is 46.9 Å². The maximum absolute atomic E-state index is 10.2. The summed E-state index contributed by atoms with van der Waals surface area (Å²) < 4.78 is 0.838. The molecule has 1 unspecified atom stereocenters. The highest BCUT2D eigenvalue weighted by atomic mass is 79.9. The Bertz CT molecular complexity index is 598. The largest absolute Gasteiger partial charge is 0.387 e. The molecule has 21 heavy (non-hydrogen) atoms. The van der Waals surface area contributed by atoms with Gasteiger partial charge < -0.3 is 10.4 Å². The fourth-order valence-corrected chi connectivity index (χ4v) is 2.54. The van der Waals surface area contributed by atoms with Crippen LogP contribution in [0.4, 0.5) is 5.69 Å². The van der Waals surface area contributed by atoms with Crippen molar-refractivity contribution < 1.29 is 5.11 Å². The number of benzene rings is 2. The van der Waals surface area contributed by atoms with Crippen LogP contribution >= 0.6 is 27.5 Å². The molecule has 0 saturated heterocycles. The topological polar surface area (TPSA) is 32.3 Å². The van der Waals surface area contributed by atoms with Crippen LogP contribution in [-0.2, 0) is 0 Å². The third-order valence-electron chi connectivity index (χ3n) is 3.41. The molecule has 0 aliphatic carbocycles. The second-order valence-corrected chi connectivity index (χ2v) is 6.61. The number of halogens is 2. The van der Waals surface area contributed by atoms with Gasteiger partial charge in [-0.1, -0.05) is 49.7 Å². The second-order valence-electron chi connectivity index (χ2n) is 5.35. The minimum absolute atomic E-state index is 0.453. The highest BCUT2D eigenvalue weighted by Gasteiger charge is 2.08. The Kier molecular flexibility index (Phi) is 5.68. The van der Waals surface area contributed by atoms with Crippen molar-refractivity contribution in [2.75, 3.05) is 11.9 Å². The summed E-state index contributed by atoms with van der Waals surface area (Å²) >= 11 is 9.34. The number of aliphatic hydroxyl groups excluding tert-OH is 1. The van der Waals surface area contributed by atoms with Crippen LogP contribution in [0, 0.1) is 0 Å². The van der Waals surface area contributed by atoms with Crippen LogP contribution < -0.4 is 5.32 Å². The first kappa shape index (κ1) is 16.3. The molecule has 0 aliphatic rings. The number of hydrogen-bond acceptors (Lipinski definition) is 2. The first-order valence-corrected chi connectivity index (χ1v) is 8.11. The third kappa shape index (κ3) is 4.47. The minimum Gasteiger partial charge on any atom is -0.387 e. The van der Waals surface area contributed by atoms with Gasteiger partial charge in [0.1, 0.15) is 0 Å². The zero-order valence-electron chi connectivity index (χ0n) is 12.1. The van der Waals surface area contributed by atoms with Crippen LogP contribution in [-0.4, -0.2) is 11.7 Å². The molecule has 112 valence electrons. The highest BCUT2D eigenvalue weighted by molar-refractivity contribution is 9.10. The molecule has 0 bridgehead atoms. The summed E-state index contributed by atoms with van der Waals surface area (Å²) in [6, 6.07) is 13.7. The highest BCUT2D eigenvalue weighted by Crippen LogP contribution is 2.26. The molecule has 2 rings (SSSR count). The van der Waals surface area contributed by atoms with Gasteiger partial charge in [-0.3, -0.25) is 0 Å². The van der Waals surface area contributed by atoms with Crippen molar-refractivity contribution in [3.63, 3.8) is 0 Å². The average Bonchev–Trinajstić information content (AvgIpc) is 2.48. The van der Waals surface area contributed by atoms with E-state index in [2.05, 4.69) is 47.2 Å². The van der Waals surface area contributed by atoms with Gasteiger partial charge in [-0.2, -0.15) is 0 Å². The van der Waals surface area contributed by atoms with Crippen molar-refractivity contribution in [1.29, 1.82) is 0 Å². The van der Waals surface area contributed by atoms with Gasteiger partial charge in [0, 0.05) is 16.7 Å². The van der Waals surface area contributed by atoms with Crippen molar-refractivity contribution >= 4 is 33.2 Å². The number of rotatable bonds is 5. The summed E-state index contributed by atoms with van der Waals surface area (Å²) in [4.78, 5) is 0. The molecular weight excluding hydrogens is 350 g/mol. The molecule has 0 saturated carbocycles. The molecule has 0 radical (unpaired) electrons. The summed E-state index contributed by atoms with van der Waals surface area (Å²) in [5.74, 6) is 0.501. The average molecular weight is 369 g/mol. The summed E-state index contributed by atoms with van der Waals surface area (Å²) in [5, 5.41) is 14.1. The van der Waals surface area contributed by atoms with E-state index < -0.39 is 6.10 Å². The van der Waals surface area contributed by atoms with Gasteiger partial charge in [0.25, 0.3) is 0 Å². The maximum Gasteiger partial charge on any atom is 0.0962 e. The van der Waals surface area contributed by atoms with Crippen LogP contribution in [0.5, 0.6) is 0 Å². The SMILES string of the molecule is CC(C)c1ccc(C(O)CNc2ccc(Cl)c(Br)c2)cc1. The fourth-order valence-electron chi connectivity index (χ4n) is 2.04. The zero-order chi connectivity index (χ0) is 15.4. The van der Waals surface area contributed by atoms with E-state index >= 15 is 0 Å². The lowest BCUT2D eigenvalue weighted by Gasteiger charge is -2.15. The molecule has 2 aromatic rings. The Morgan fingerprint density at radius 1 is 1.10 bits per heavy atom. The van der Waals surface area contributed by atoms with Gasteiger partial charge in [0.05, 0.1) is 11.1 Å². The molecule has 4 heteroatoms. The summed E-state index contributed by atoms with van der Waals surface area (Å²) in [6.45, 7) is 4.77. The number of anilines is 1. The summed E-state index contributed by atoms with van der Waals surface area (Å²) in [5.41, 5.74) is 3.12. The van der Waals surface area contributed by atoms with Crippen LogP contribution in [0.2, 0.25) is 5.02 Å². The van der Waals surface area contributed by atoms with Gasteiger partial charge in [0.15, 0.2) is 0 Å². The molecule has 2 aromatic carbocycles. The van der Waals surface area contributed by atoms with E-state index in [9.17, 15) is 5.11 Å². The standard InChI is InChI=1S/C17H19BrClNO/c1-11(2)12-3-5-13(6-4-12)17(21)10-20-14-7-8-16(19)15(18)9-14/h3-9,11,17,20-21H,10H2,1-2H3. The fraction of sp³-hybridized carbons (Fsp3) is 0.294. The lowest BCUT2D eigenvalue weighted by atomic mass is 10.00. The molecule has 0 fully saturated rings. The molecule has 1 atom stereocenters. The van der Waals surface area contributed by atoms with Gasteiger partial charge >= 0.3 is 0 Å². The van der Waals surface area contributed by atoms with Crippen molar-refractivity contribution in [3.8, 4) is 0 Å². The first-order chi connectivity index (χ1) is 9.97. The minimum atomic E-state index is -0.541. The number of hydrogen-bond donors (Lipinski definition) is 2. The molecule has 0 amide bonds. The third-order valence-corrected chi connectivity index (χ3v) is 4.62. The van der Waals surface area contributed by atoms with Crippen molar-refractivity contribution in [2.24, 2.45) is 0 Å². The quantitative estimate of drug-likeness (QED) is 0.743.